The lowest BCUT2D eigenvalue weighted by atomic mass is 9.91. The van der Waals surface area contributed by atoms with E-state index in [2.05, 4.69) is 5.73 Å². The van der Waals surface area contributed by atoms with Crippen molar-refractivity contribution in [2.24, 2.45) is 5.73 Å². The van der Waals surface area contributed by atoms with Gasteiger partial charge in [0.05, 0.1) is 6.04 Å². The molecule has 0 amide bonds. The van der Waals surface area contributed by atoms with Crippen LogP contribution in [0.15, 0.2) is 0 Å². The highest BCUT2D eigenvalue weighted by atomic mass is 19.4. The van der Waals surface area contributed by atoms with Crippen molar-refractivity contribution in [1.82, 2.24) is 0 Å². The molecule has 1 unspecified atom stereocenters. The van der Waals surface area contributed by atoms with Crippen molar-refractivity contribution in [2.75, 3.05) is 0 Å². The molecule has 0 aliphatic rings. The van der Waals surface area contributed by atoms with E-state index < -0.39 is 41.8 Å². The van der Waals surface area contributed by atoms with E-state index in [1.807, 2.05) is 0 Å². The molecule has 1 atom stereocenters. The van der Waals surface area contributed by atoms with Gasteiger partial charge in [-0.3, -0.25) is 0 Å². The lowest BCUT2D eigenvalue weighted by molar-refractivity contribution is -0.440. The largest absolute Gasteiger partial charge is 0.460 e. The summed E-state index contributed by atoms with van der Waals surface area (Å²) < 4.78 is 162. The van der Waals surface area contributed by atoms with Crippen molar-refractivity contribution in [3.05, 3.63) is 0 Å². The van der Waals surface area contributed by atoms with Crippen LogP contribution in [-0.4, -0.2) is 41.8 Å². The zero-order valence-electron chi connectivity index (χ0n) is 10.1. The van der Waals surface area contributed by atoms with Crippen LogP contribution < -0.4 is 5.73 Å². The van der Waals surface area contributed by atoms with Gasteiger partial charge in [0.25, 0.3) is 0 Å². The number of halogens is 13. The van der Waals surface area contributed by atoms with Crippen molar-refractivity contribution < 1.29 is 57.1 Å². The maximum absolute atomic E-state index is 12.9. The van der Waals surface area contributed by atoms with Gasteiger partial charge in [0.2, 0.25) is 0 Å². The Hall–Kier alpha value is -0.950. The SMILES string of the molecule is CC(N)C(F)(F)C(F)(F)C(F)(F)C(F)(F)C(F)(F)C(F)(F)F. The van der Waals surface area contributed by atoms with Crippen LogP contribution in [0.1, 0.15) is 6.92 Å². The van der Waals surface area contributed by atoms with Gasteiger partial charge in [0, 0.05) is 0 Å². The fourth-order valence-corrected chi connectivity index (χ4v) is 1.07. The molecule has 22 heavy (non-hydrogen) atoms. The minimum atomic E-state index is -7.87. The summed E-state index contributed by atoms with van der Waals surface area (Å²) in [6.07, 6.45) is -7.40. The van der Waals surface area contributed by atoms with Gasteiger partial charge in [0.15, 0.2) is 0 Å². The average Bonchev–Trinajstić information content (AvgIpc) is 2.25. The maximum Gasteiger partial charge on any atom is 0.460 e. The van der Waals surface area contributed by atoms with E-state index >= 15 is 0 Å². The fourth-order valence-electron chi connectivity index (χ4n) is 1.07. The molecule has 0 saturated carbocycles. The predicted octanol–water partition coefficient (Wildman–Crippen LogP) is 4.07. The van der Waals surface area contributed by atoms with E-state index in [0.717, 1.165) is 0 Å². The molecule has 2 N–H and O–H groups in total. The third kappa shape index (κ3) is 2.48. The summed E-state index contributed by atoms with van der Waals surface area (Å²) >= 11 is 0. The molecule has 0 aliphatic heterocycles. The van der Waals surface area contributed by atoms with Crippen LogP contribution in [0.5, 0.6) is 0 Å². The van der Waals surface area contributed by atoms with E-state index in [4.69, 9.17) is 0 Å². The summed E-state index contributed by atoms with van der Waals surface area (Å²) in [4.78, 5) is 0. The Labute approximate surface area is 113 Å². The topological polar surface area (TPSA) is 26.0 Å². The lowest BCUT2D eigenvalue weighted by Gasteiger charge is -2.40. The van der Waals surface area contributed by atoms with Crippen LogP contribution in [0.4, 0.5) is 57.1 Å². The normalized spacial score (nSPS) is 17.6. The van der Waals surface area contributed by atoms with Crippen LogP contribution in [-0.2, 0) is 0 Å². The first-order valence-corrected chi connectivity index (χ1v) is 4.91. The molecule has 0 fully saturated rings. The molecule has 14 heteroatoms. The van der Waals surface area contributed by atoms with Crippen LogP contribution in [0.25, 0.3) is 0 Å². The molecule has 1 nitrogen and oxygen atoms in total. The van der Waals surface area contributed by atoms with Gasteiger partial charge in [-0.15, -0.1) is 0 Å². The third-order valence-electron chi connectivity index (χ3n) is 2.53. The van der Waals surface area contributed by atoms with E-state index in [-0.39, 0.29) is 6.92 Å². The fraction of sp³-hybridized carbons (Fsp3) is 1.00. The lowest BCUT2D eigenvalue weighted by Crippen LogP contribution is -2.72. The Morgan fingerprint density at radius 2 is 0.818 bits per heavy atom. The van der Waals surface area contributed by atoms with Crippen molar-refractivity contribution in [3.8, 4) is 0 Å². The number of hydrogen-bond acceptors (Lipinski definition) is 1. The zero-order valence-corrected chi connectivity index (χ0v) is 10.1. The number of rotatable bonds is 5. The predicted molar refractivity (Wildman–Crippen MR) is 44.4 cm³/mol. The van der Waals surface area contributed by atoms with Crippen molar-refractivity contribution >= 4 is 0 Å². The van der Waals surface area contributed by atoms with Gasteiger partial charge in [-0.05, 0) is 6.92 Å². The molecule has 0 aromatic carbocycles. The van der Waals surface area contributed by atoms with Gasteiger partial charge in [-0.2, -0.15) is 57.1 Å². The van der Waals surface area contributed by atoms with E-state index in [1.54, 1.807) is 0 Å². The van der Waals surface area contributed by atoms with E-state index in [0.29, 0.717) is 0 Å². The summed E-state index contributed by atoms with van der Waals surface area (Å²) in [6, 6.07) is -3.26. The molecule has 0 heterocycles. The molecule has 0 spiro atoms. The Morgan fingerprint density at radius 1 is 0.545 bits per heavy atom. The first-order valence-electron chi connectivity index (χ1n) is 4.91. The monoisotopic (exact) mass is 363 g/mol. The van der Waals surface area contributed by atoms with Crippen LogP contribution in [0.3, 0.4) is 0 Å². The third-order valence-corrected chi connectivity index (χ3v) is 2.53. The van der Waals surface area contributed by atoms with Gasteiger partial charge >= 0.3 is 35.8 Å². The molecule has 0 bridgehead atoms. The highest BCUT2D eigenvalue weighted by Crippen LogP contribution is 2.60. The zero-order chi connectivity index (χ0) is 18.6. The Morgan fingerprint density at radius 3 is 1.05 bits per heavy atom. The van der Waals surface area contributed by atoms with Crippen LogP contribution in [0, 0.1) is 0 Å². The number of hydrogen-bond donors (Lipinski definition) is 1. The van der Waals surface area contributed by atoms with E-state index in [9.17, 15) is 57.1 Å². The second kappa shape index (κ2) is 5.03. The molecule has 0 saturated heterocycles. The Bertz CT molecular complexity index is 407. The summed E-state index contributed by atoms with van der Waals surface area (Å²) in [6.45, 7) is -0.0654. The molecule has 134 valence electrons. The molecular weight excluding hydrogens is 357 g/mol. The van der Waals surface area contributed by atoms with Crippen molar-refractivity contribution in [1.29, 1.82) is 0 Å². The quantitative estimate of drug-likeness (QED) is 0.733. The van der Waals surface area contributed by atoms with Gasteiger partial charge in [-0.1, -0.05) is 0 Å². The Kier molecular flexibility index (Phi) is 4.81. The number of nitrogens with two attached hydrogens (primary N) is 1. The van der Waals surface area contributed by atoms with Gasteiger partial charge < -0.3 is 5.73 Å². The van der Waals surface area contributed by atoms with Crippen molar-refractivity contribution in [2.45, 2.75) is 48.8 Å². The van der Waals surface area contributed by atoms with Gasteiger partial charge in [0.1, 0.15) is 0 Å². The number of alkyl halides is 13. The minimum Gasteiger partial charge on any atom is -0.323 e. The smallest absolute Gasteiger partial charge is 0.323 e. The summed E-state index contributed by atoms with van der Waals surface area (Å²) in [5.74, 6) is -36.9. The van der Waals surface area contributed by atoms with E-state index in [1.165, 1.54) is 0 Å². The summed E-state index contributed by atoms with van der Waals surface area (Å²) in [5, 5.41) is 0. The minimum absolute atomic E-state index is 0.0654. The second-order valence-electron chi connectivity index (χ2n) is 4.21. The maximum atomic E-state index is 12.9. The molecule has 0 aromatic heterocycles. The first-order chi connectivity index (χ1) is 9.19. The standard InChI is InChI=1S/C8H6F13N/c1-2(22)3(9,10)4(11,12)5(13,14)6(15,16)7(17,18)8(19,20)21/h2H,22H2,1H3. The first kappa shape index (κ1) is 21.0. The molecule has 0 radical (unpaired) electrons. The molecule has 0 aliphatic carbocycles. The molecular formula is C8H6F13N. The molecule has 0 aromatic rings. The van der Waals surface area contributed by atoms with Crippen LogP contribution in [0.2, 0.25) is 0 Å². The van der Waals surface area contributed by atoms with Crippen molar-refractivity contribution in [3.63, 3.8) is 0 Å². The highest BCUT2D eigenvalue weighted by Gasteiger charge is 2.90. The van der Waals surface area contributed by atoms with Crippen LogP contribution >= 0.6 is 0 Å². The second-order valence-corrected chi connectivity index (χ2v) is 4.21. The summed E-state index contributed by atoms with van der Waals surface area (Å²) in [7, 11) is 0. The summed E-state index contributed by atoms with van der Waals surface area (Å²) in [5.41, 5.74) is 4.17. The highest BCUT2D eigenvalue weighted by molar-refractivity contribution is 5.11. The average molecular weight is 363 g/mol. The Balaban J connectivity index is 6.24. The van der Waals surface area contributed by atoms with Gasteiger partial charge in [-0.25, -0.2) is 0 Å². The molecule has 0 rings (SSSR count).